The number of ether oxygens (including phenoxy) is 2. The predicted molar refractivity (Wildman–Crippen MR) is 108 cm³/mol. The van der Waals surface area contributed by atoms with E-state index >= 15 is 0 Å². The molecular weight excluding hydrogens is 410 g/mol. The van der Waals surface area contributed by atoms with Crippen LogP contribution in [0.25, 0.3) is 11.3 Å². The lowest BCUT2D eigenvalue weighted by Gasteiger charge is -2.20. The van der Waals surface area contributed by atoms with Gasteiger partial charge in [0.2, 0.25) is 5.16 Å². The van der Waals surface area contributed by atoms with Gasteiger partial charge < -0.3 is 14.0 Å². The molecule has 11 heteroatoms. The van der Waals surface area contributed by atoms with Gasteiger partial charge in [-0.3, -0.25) is 4.79 Å². The van der Waals surface area contributed by atoms with Crippen molar-refractivity contribution in [3.8, 4) is 17.0 Å². The van der Waals surface area contributed by atoms with E-state index in [1.165, 1.54) is 21.5 Å². The molecule has 1 aromatic carbocycles. The molecule has 158 valence electrons. The van der Waals surface area contributed by atoms with Gasteiger partial charge in [0, 0.05) is 31.1 Å². The lowest BCUT2D eigenvalue weighted by molar-refractivity contribution is 0.182. The number of rotatable bonds is 6. The molecule has 0 spiro atoms. The first-order valence-electron chi connectivity index (χ1n) is 9.21. The number of nitrogens with zero attached hydrogens (tertiary/aromatic N) is 4. The van der Waals surface area contributed by atoms with Crippen LogP contribution >= 0.6 is 0 Å². The van der Waals surface area contributed by atoms with E-state index in [-0.39, 0.29) is 23.9 Å². The van der Waals surface area contributed by atoms with Gasteiger partial charge >= 0.3 is 0 Å². The monoisotopic (exact) mass is 431 g/mol. The molecule has 1 fully saturated rings. The number of hydrogen-bond donors (Lipinski definition) is 1. The van der Waals surface area contributed by atoms with Crippen LogP contribution in [0.1, 0.15) is 6.04 Å². The topological polar surface area (TPSA) is 117 Å². The minimum Gasteiger partial charge on any atom is -0.497 e. The molecule has 2 atom stereocenters. The minimum absolute atomic E-state index is 0.112. The maximum atomic E-state index is 12.7. The molecule has 2 aromatic heterocycles. The van der Waals surface area contributed by atoms with Crippen molar-refractivity contribution in [3.05, 3.63) is 59.1 Å². The quantitative estimate of drug-likeness (QED) is 0.606. The second-order valence-electron chi connectivity index (χ2n) is 6.89. The van der Waals surface area contributed by atoms with Crippen LogP contribution in [-0.4, -0.2) is 54.1 Å². The van der Waals surface area contributed by atoms with Crippen LogP contribution in [0.3, 0.4) is 0 Å². The van der Waals surface area contributed by atoms with Gasteiger partial charge in [-0.15, -0.1) is 0 Å². The van der Waals surface area contributed by atoms with Crippen molar-refractivity contribution in [3.63, 3.8) is 0 Å². The van der Waals surface area contributed by atoms with E-state index < -0.39 is 22.1 Å². The summed E-state index contributed by atoms with van der Waals surface area (Å²) >= 11 is 0. The van der Waals surface area contributed by atoms with Crippen LogP contribution in [0, 0.1) is 0 Å². The summed E-state index contributed by atoms with van der Waals surface area (Å²) in [4.78, 5) is 16.4. The fourth-order valence-electron chi connectivity index (χ4n) is 3.36. The summed E-state index contributed by atoms with van der Waals surface area (Å²) in [5.74, 6) is 0.664. The Kier molecular flexibility index (Phi) is 5.41. The number of aromatic nitrogens is 4. The summed E-state index contributed by atoms with van der Waals surface area (Å²) in [5.41, 5.74) is 0.983. The van der Waals surface area contributed by atoms with Crippen molar-refractivity contribution in [2.75, 3.05) is 20.3 Å². The first-order valence-corrected chi connectivity index (χ1v) is 10.7. The van der Waals surface area contributed by atoms with E-state index in [0.717, 1.165) is 5.56 Å². The molecule has 30 heavy (non-hydrogen) atoms. The number of aryl methyl sites for hydroxylation is 1. The Morgan fingerprint density at radius 2 is 2.07 bits per heavy atom. The normalized spacial score (nSPS) is 19.1. The average molecular weight is 431 g/mol. The van der Waals surface area contributed by atoms with Gasteiger partial charge in [0.15, 0.2) is 0 Å². The first kappa shape index (κ1) is 20.3. The first-order chi connectivity index (χ1) is 14.4. The van der Waals surface area contributed by atoms with Crippen LogP contribution in [0.4, 0.5) is 0 Å². The highest BCUT2D eigenvalue weighted by Gasteiger charge is 2.36. The Labute approximate surface area is 173 Å². The van der Waals surface area contributed by atoms with Gasteiger partial charge in [0.05, 0.1) is 38.1 Å². The second kappa shape index (κ2) is 8.01. The number of benzene rings is 1. The molecule has 1 saturated heterocycles. The Bertz CT molecular complexity index is 1220. The van der Waals surface area contributed by atoms with Crippen molar-refractivity contribution in [2.24, 2.45) is 7.05 Å². The summed E-state index contributed by atoms with van der Waals surface area (Å²) in [6.07, 6.45) is 2.95. The molecule has 1 N–H and O–H groups in total. The maximum absolute atomic E-state index is 12.7. The van der Waals surface area contributed by atoms with Crippen LogP contribution in [-0.2, 0) is 21.8 Å². The number of sulfonamides is 1. The van der Waals surface area contributed by atoms with E-state index in [2.05, 4.69) is 14.8 Å². The second-order valence-corrected chi connectivity index (χ2v) is 8.49. The number of hydrogen-bond acceptors (Lipinski definition) is 7. The van der Waals surface area contributed by atoms with Crippen molar-refractivity contribution >= 4 is 10.0 Å². The van der Waals surface area contributed by atoms with Gasteiger partial charge in [0.1, 0.15) is 5.75 Å². The lowest BCUT2D eigenvalue weighted by Crippen LogP contribution is -2.44. The van der Waals surface area contributed by atoms with Crippen molar-refractivity contribution in [1.29, 1.82) is 0 Å². The zero-order valence-electron chi connectivity index (χ0n) is 16.4. The Morgan fingerprint density at radius 3 is 2.80 bits per heavy atom. The summed E-state index contributed by atoms with van der Waals surface area (Å²) in [6, 6.07) is 9.06. The highest BCUT2D eigenvalue weighted by Crippen LogP contribution is 2.24. The number of methoxy groups -OCH3 is 1. The molecule has 3 aromatic rings. The highest BCUT2D eigenvalue weighted by atomic mass is 32.2. The molecule has 1 aliphatic rings. The van der Waals surface area contributed by atoms with Crippen LogP contribution < -0.4 is 15.0 Å². The predicted octanol–water partition coefficient (Wildman–Crippen LogP) is 0.571. The molecular formula is C19H21N5O5S. The third-order valence-electron chi connectivity index (χ3n) is 4.88. The number of nitrogens with one attached hydrogen (secondary N) is 1. The number of imidazole rings is 1. The zero-order chi connectivity index (χ0) is 21.3. The van der Waals surface area contributed by atoms with Crippen molar-refractivity contribution < 1.29 is 17.9 Å². The van der Waals surface area contributed by atoms with Gasteiger partial charge in [-0.1, -0.05) is 12.1 Å². The Hall–Kier alpha value is -3.02. The Balaban J connectivity index is 1.66. The van der Waals surface area contributed by atoms with Crippen LogP contribution in [0.5, 0.6) is 5.75 Å². The molecule has 0 amide bonds. The summed E-state index contributed by atoms with van der Waals surface area (Å²) < 4.78 is 41.4. The third kappa shape index (κ3) is 3.86. The summed E-state index contributed by atoms with van der Waals surface area (Å²) in [6.45, 7) is 0.272. The average Bonchev–Trinajstić information content (AvgIpc) is 3.37. The smallest absolute Gasteiger partial charge is 0.274 e. The van der Waals surface area contributed by atoms with Gasteiger partial charge in [0.25, 0.3) is 15.6 Å². The van der Waals surface area contributed by atoms with Crippen molar-refractivity contribution in [1.82, 2.24) is 24.1 Å². The van der Waals surface area contributed by atoms with Crippen LogP contribution in [0.2, 0.25) is 0 Å². The molecule has 1 aliphatic heterocycles. The summed E-state index contributed by atoms with van der Waals surface area (Å²) in [7, 11) is -0.732. The van der Waals surface area contributed by atoms with Gasteiger partial charge in [-0.05, 0) is 18.2 Å². The van der Waals surface area contributed by atoms with Crippen LogP contribution in [0.15, 0.2) is 58.7 Å². The van der Waals surface area contributed by atoms with E-state index in [9.17, 15) is 13.2 Å². The minimum atomic E-state index is -3.89. The molecule has 3 heterocycles. The maximum Gasteiger partial charge on any atom is 0.274 e. The molecule has 0 saturated carbocycles. The van der Waals surface area contributed by atoms with E-state index in [4.69, 9.17) is 9.47 Å². The lowest BCUT2D eigenvalue weighted by atomic mass is 10.1. The van der Waals surface area contributed by atoms with E-state index in [0.29, 0.717) is 11.4 Å². The molecule has 4 rings (SSSR count). The van der Waals surface area contributed by atoms with Gasteiger partial charge in [-0.25, -0.2) is 22.8 Å². The molecule has 2 unspecified atom stereocenters. The Morgan fingerprint density at radius 1 is 1.23 bits per heavy atom. The van der Waals surface area contributed by atoms with Crippen molar-refractivity contribution in [2.45, 2.75) is 17.2 Å². The molecule has 0 radical (unpaired) electrons. The molecule has 10 nitrogen and oxygen atoms in total. The fourth-order valence-corrected chi connectivity index (χ4v) is 4.73. The zero-order valence-corrected chi connectivity index (χ0v) is 17.2. The SMILES string of the molecule is COc1cccc(-c2ccc(=O)n(C3COCC3NS(=O)(=O)c3nccn3C)n2)c1. The largest absolute Gasteiger partial charge is 0.497 e. The molecule has 0 aliphatic carbocycles. The fraction of sp³-hybridized carbons (Fsp3) is 0.316. The summed E-state index contributed by atoms with van der Waals surface area (Å²) in [5, 5.41) is 4.36. The highest BCUT2D eigenvalue weighted by molar-refractivity contribution is 7.89. The van der Waals surface area contributed by atoms with E-state index in [1.54, 1.807) is 26.4 Å². The van der Waals surface area contributed by atoms with Gasteiger partial charge in [-0.2, -0.15) is 5.10 Å². The standard InChI is InChI=1S/C19H21N5O5S/c1-23-9-8-20-19(23)30(26,27)22-16-11-29-12-17(16)24-18(25)7-6-15(21-24)13-4-3-5-14(10-13)28-2/h3-10,16-17,22H,11-12H2,1-2H3. The molecule has 0 bridgehead atoms. The van der Waals surface area contributed by atoms with E-state index in [1.807, 2.05) is 24.3 Å². The third-order valence-corrected chi connectivity index (χ3v) is 6.37.